The molecule has 8 heteroatoms. The fraction of sp³-hybridized carbons (Fsp3) is 0. The monoisotopic (exact) mass is 640 g/mol. The zero-order chi connectivity index (χ0) is 34.5. The quantitative estimate of drug-likeness (QED) is 0.177. The van der Waals surface area contributed by atoms with Crippen LogP contribution in [0.25, 0.3) is 49.7 Å². The number of hydrogen-bond donors (Lipinski definition) is 0. The second-order valence-corrected chi connectivity index (χ2v) is 11.7. The van der Waals surface area contributed by atoms with Crippen molar-refractivity contribution >= 4 is 39.3 Å². The lowest BCUT2D eigenvalue weighted by molar-refractivity contribution is 0.0926. The molecule has 6 aromatic carbocycles. The first-order valence-electron chi connectivity index (χ1n) is 15.5. The maximum Gasteiger partial charge on any atom is 0.268 e. The van der Waals surface area contributed by atoms with Crippen LogP contribution in [0.15, 0.2) is 121 Å². The molecule has 0 N–H and O–H groups in total. The van der Waals surface area contributed by atoms with Gasteiger partial charge in [0.2, 0.25) is 0 Å². The lowest BCUT2D eigenvalue weighted by atomic mass is 9.95. The van der Waals surface area contributed by atoms with Crippen molar-refractivity contribution in [2.24, 2.45) is 0 Å². The molecule has 2 amide bonds. The van der Waals surface area contributed by atoms with Gasteiger partial charge in [-0.2, -0.15) is 21.0 Å². The maximum absolute atomic E-state index is 14.4. The van der Waals surface area contributed by atoms with Gasteiger partial charge in [-0.25, -0.2) is 4.90 Å². The van der Waals surface area contributed by atoms with Gasteiger partial charge in [0, 0.05) is 33.0 Å². The normalized spacial score (nSPS) is 12.0. The van der Waals surface area contributed by atoms with Crippen molar-refractivity contribution in [3.05, 3.63) is 155 Å². The van der Waals surface area contributed by atoms with Gasteiger partial charge in [-0.1, -0.05) is 72.8 Å². The van der Waals surface area contributed by atoms with E-state index in [2.05, 4.69) is 24.3 Å². The van der Waals surface area contributed by atoms with Gasteiger partial charge >= 0.3 is 0 Å². The van der Waals surface area contributed by atoms with Crippen LogP contribution in [0.3, 0.4) is 0 Å². The summed E-state index contributed by atoms with van der Waals surface area (Å²) >= 11 is 0. The Bertz CT molecular complexity index is 2670. The van der Waals surface area contributed by atoms with Crippen molar-refractivity contribution in [3.8, 4) is 52.2 Å². The summed E-state index contributed by atoms with van der Waals surface area (Å²) in [5, 5.41) is 41.2. The Morgan fingerprint density at radius 2 is 0.980 bits per heavy atom. The topological polar surface area (TPSA) is 137 Å². The number of para-hydroxylation sites is 3. The molecule has 0 aliphatic carbocycles. The number of carbonyl (C=O) groups excluding carboxylic acids is 2. The molecule has 230 valence electrons. The molecule has 8 nitrogen and oxygen atoms in total. The van der Waals surface area contributed by atoms with Crippen LogP contribution >= 0.6 is 0 Å². The highest BCUT2D eigenvalue weighted by atomic mass is 16.2. The summed E-state index contributed by atoms with van der Waals surface area (Å²) in [6, 6.07) is 43.9. The number of amides is 2. The smallest absolute Gasteiger partial charge is 0.268 e. The third kappa shape index (κ3) is 4.28. The zero-order valence-corrected chi connectivity index (χ0v) is 26.0. The van der Waals surface area contributed by atoms with Crippen LogP contribution in [0.5, 0.6) is 0 Å². The van der Waals surface area contributed by atoms with Gasteiger partial charge in [0.25, 0.3) is 11.8 Å². The van der Waals surface area contributed by atoms with Crippen molar-refractivity contribution in [1.29, 1.82) is 21.0 Å². The Kier molecular flexibility index (Phi) is 6.80. The molecule has 50 heavy (non-hydrogen) atoms. The number of aromatic nitrogens is 1. The lowest BCUT2D eigenvalue weighted by Crippen LogP contribution is -2.29. The molecule has 0 radical (unpaired) electrons. The van der Waals surface area contributed by atoms with E-state index < -0.39 is 11.8 Å². The van der Waals surface area contributed by atoms with Gasteiger partial charge in [0.15, 0.2) is 0 Å². The molecule has 0 saturated carbocycles. The summed E-state index contributed by atoms with van der Waals surface area (Å²) in [6.45, 7) is 0. The number of benzene rings is 6. The molecule has 0 spiro atoms. The number of carbonyl (C=O) groups is 2. The van der Waals surface area contributed by atoms with E-state index in [1.165, 1.54) is 4.90 Å². The highest BCUT2D eigenvalue weighted by Crippen LogP contribution is 2.45. The van der Waals surface area contributed by atoms with Gasteiger partial charge in [-0.05, 0) is 48.5 Å². The molecule has 1 aliphatic heterocycles. The van der Waals surface area contributed by atoms with E-state index in [4.69, 9.17) is 0 Å². The van der Waals surface area contributed by atoms with Crippen molar-refractivity contribution in [2.75, 3.05) is 4.90 Å². The third-order valence-corrected chi connectivity index (χ3v) is 9.08. The summed E-state index contributed by atoms with van der Waals surface area (Å²) in [5.74, 6) is -0.930. The molecule has 2 heterocycles. The fourth-order valence-corrected chi connectivity index (χ4v) is 6.94. The summed E-state index contributed by atoms with van der Waals surface area (Å²) in [6.07, 6.45) is 0. The molecule has 0 bridgehead atoms. The minimum atomic E-state index is -0.482. The Balaban J connectivity index is 1.54. The summed E-state index contributed by atoms with van der Waals surface area (Å²) in [4.78, 5) is 29.5. The van der Waals surface area contributed by atoms with E-state index in [0.29, 0.717) is 66.9 Å². The number of nitriles is 4. The van der Waals surface area contributed by atoms with Crippen LogP contribution in [0.2, 0.25) is 0 Å². The minimum Gasteiger partial charge on any atom is -0.307 e. The average Bonchev–Trinajstić information content (AvgIpc) is 3.65. The largest absolute Gasteiger partial charge is 0.307 e. The standard InChI is InChI=1S/C42H20N6O2/c43-21-25-15-17-30(27(19-25)23-45)32-9-4-11-34-35-12-5-10-33(31-18-16-26(22-44)20-28(31)24-46)40(35)48(39(32)34)37-14-6-13-36-38(37)42(50)47(41(36)49)29-7-2-1-3-8-29/h1-20H. The number of imide groups is 1. The Labute approximate surface area is 285 Å². The first-order chi connectivity index (χ1) is 24.5. The highest BCUT2D eigenvalue weighted by molar-refractivity contribution is 6.36. The predicted octanol–water partition coefficient (Wildman–Crippen LogP) is 8.41. The van der Waals surface area contributed by atoms with E-state index in [0.717, 1.165) is 10.8 Å². The Hall–Kier alpha value is -7.78. The van der Waals surface area contributed by atoms with Gasteiger partial charge in [0.05, 0.1) is 80.1 Å². The molecule has 0 fully saturated rings. The Morgan fingerprint density at radius 1 is 0.460 bits per heavy atom. The van der Waals surface area contributed by atoms with Crippen molar-refractivity contribution in [1.82, 2.24) is 4.57 Å². The molecule has 0 saturated heterocycles. The number of hydrogen-bond acceptors (Lipinski definition) is 6. The van der Waals surface area contributed by atoms with Gasteiger partial charge in [0.1, 0.15) is 0 Å². The van der Waals surface area contributed by atoms with E-state index in [9.17, 15) is 30.6 Å². The van der Waals surface area contributed by atoms with Crippen LogP contribution in [0.4, 0.5) is 5.69 Å². The van der Waals surface area contributed by atoms with E-state index >= 15 is 0 Å². The fourth-order valence-electron chi connectivity index (χ4n) is 6.94. The third-order valence-electron chi connectivity index (χ3n) is 9.08. The van der Waals surface area contributed by atoms with Crippen LogP contribution in [-0.2, 0) is 0 Å². The van der Waals surface area contributed by atoms with Gasteiger partial charge in [-0.3, -0.25) is 9.59 Å². The summed E-state index contributed by atoms with van der Waals surface area (Å²) < 4.78 is 1.94. The maximum atomic E-state index is 14.4. The lowest BCUT2D eigenvalue weighted by Gasteiger charge is -2.17. The molecule has 0 atom stereocenters. The second kappa shape index (κ2) is 11.5. The van der Waals surface area contributed by atoms with Gasteiger partial charge < -0.3 is 4.57 Å². The number of anilines is 1. The van der Waals surface area contributed by atoms with Gasteiger partial charge in [-0.15, -0.1) is 0 Å². The summed E-state index contributed by atoms with van der Waals surface area (Å²) in [5.41, 5.74) is 6.45. The average molecular weight is 641 g/mol. The molecule has 0 unspecified atom stereocenters. The van der Waals surface area contributed by atoms with Crippen LogP contribution in [-0.4, -0.2) is 16.4 Å². The zero-order valence-electron chi connectivity index (χ0n) is 26.0. The molecule has 1 aromatic heterocycles. The van der Waals surface area contributed by atoms with Crippen LogP contribution in [0, 0.1) is 45.3 Å². The first kappa shape index (κ1) is 29.6. The predicted molar refractivity (Wildman–Crippen MR) is 188 cm³/mol. The number of fused-ring (bicyclic) bond motifs is 4. The van der Waals surface area contributed by atoms with E-state index in [1.807, 2.05) is 47.0 Å². The SMILES string of the molecule is N#Cc1ccc(-c2cccc3c4cccc(-c5ccc(C#N)cc5C#N)c4n(-c4cccc5c4C(=O)N(c4ccccc4)C5=O)c23)c(C#N)c1. The van der Waals surface area contributed by atoms with Crippen molar-refractivity contribution in [2.45, 2.75) is 0 Å². The number of rotatable bonds is 4. The number of nitrogens with zero attached hydrogens (tertiary/aromatic N) is 6. The second-order valence-electron chi connectivity index (χ2n) is 11.7. The first-order valence-corrected chi connectivity index (χ1v) is 15.5. The van der Waals surface area contributed by atoms with E-state index in [1.54, 1.807) is 78.9 Å². The van der Waals surface area contributed by atoms with Crippen molar-refractivity contribution in [3.63, 3.8) is 0 Å². The summed E-state index contributed by atoms with van der Waals surface area (Å²) in [7, 11) is 0. The highest BCUT2D eigenvalue weighted by Gasteiger charge is 2.39. The molecular weight excluding hydrogens is 621 g/mol. The molecule has 1 aliphatic rings. The van der Waals surface area contributed by atoms with E-state index in [-0.39, 0.29) is 11.1 Å². The van der Waals surface area contributed by atoms with Crippen LogP contribution < -0.4 is 4.90 Å². The molecule has 8 rings (SSSR count). The van der Waals surface area contributed by atoms with Crippen molar-refractivity contribution < 1.29 is 9.59 Å². The Morgan fingerprint density at radius 3 is 1.50 bits per heavy atom. The molecule has 7 aromatic rings. The molecular formula is C42H20N6O2. The minimum absolute atomic E-state index is 0.213. The van der Waals surface area contributed by atoms with Crippen LogP contribution in [0.1, 0.15) is 43.0 Å².